The van der Waals surface area contributed by atoms with E-state index >= 15 is 0 Å². The number of aryl methyl sites for hydroxylation is 1. The lowest BCUT2D eigenvalue weighted by Crippen LogP contribution is -3.10. The van der Waals surface area contributed by atoms with E-state index in [2.05, 4.69) is 36.5 Å². The summed E-state index contributed by atoms with van der Waals surface area (Å²) in [6.07, 6.45) is 0.546. The van der Waals surface area contributed by atoms with Crippen LogP contribution in [0.25, 0.3) is 0 Å². The van der Waals surface area contributed by atoms with Crippen LogP contribution in [0.4, 0.5) is 5.69 Å². The van der Waals surface area contributed by atoms with Crippen LogP contribution in [0.1, 0.15) is 24.5 Å². The molecule has 22 heavy (non-hydrogen) atoms. The maximum atomic E-state index is 12.1. The first kappa shape index (κ1) is 16.2. The molecule has 3 nitrogen and oxygen atoms in total. The Balaban J connectivity index is 1.83. The number of carbonyl (C=O) groups excluding carboxylic acids is 1. The second kappa shape index (κ2) is 8.35. The lowest BCUT2D eigenvalue weighted by atomic mass is 10.2. The molecular formula is C19H25N2O+. The van der Waals surface area contributed by atoms with Gasteiger partial charge in [0.15, 0.2) is 0 Å². The molecule has 3 heteroatoms. The molecule has 1 amide bonds. The summed E-state index contributed by atoms with van der Waals surface area (Å²) < 4.78 is 0. The van der Waals surface area contributed by atoms with Crippen molar-refractivity contribution >= 4 is 11.6 Å². The van der Waals surface area contributed by atoms with Crippen LogP contribution in [0.5, 0.6) is 0 Å². The molecule has 2 N–H and O–H groups in total. The summed E-state index contributed by atoms with van der Waals surface area (Å²) in [7, 11) is 0. The van der Waals surface area contributed by atoms with Crippen LogP contribution in [0, 0.1) is 6.92 Å². The highest BCUT2D eigenvalue weighted by Crippen LogP contribution is 2.12. The average Bonchev–Trinajstić information content (AvgIpc) is 2.54. The number of carbonyl (C=O) groups is 1. The number of quaternary nitrogens is 1. The predicted molar refractivity (Wildman–Crippen MR) is 90.9 cm³/mol. The van der Waals surface area contributed by atoms with Crippen molar-refractivity contribution in [2.45, 2.75) is 26.8 Å². The predicted octanol–water partition coefficient (Wildman–Crippen LogP) is 2.43. The summed E-state index contributed by atoms with van der Waals surface area (Å²) in [6.45, 7) is 7.01. The number of benzene rings is 2. The Morgan fingerprint density at radius 2 is 1.73 bits per heavy atom. The van der Waals surface area contributed by atoms with E-state index in [0.29, 0.717) is 6.42 Å². The van der Waals surface area contributed by atoms with E-state index in [0.717, 1.165) is 30.9 Å². The number of anilines is 1. The Kier molecular flexibility index (Phi) is 6.16. The summed E-state index contributed by atoms with van der Waals surface area (Å²) >= 11 is 0. The van der Waals surface area contributed by atoms with Crippen molar-refractivity contribution in [1.29, 1.82) is 0 Å². The third-order valence-electron chi connectivity index (χ3n) is 3.92. The summed E-state index contributed by atoms with van der Waals surface area (Å²) in [4.78, 5) is 13.5. The lowest BCUT2D eigenvalue weighted by Gasteiger charge is -2.17. The third-order valence-corrected chi connectivity index (χ3v) is 3.92. The number of hydrogen-bond acceptors (Lipinski definition) is 1. The molecule has 0 aliphatic carbocycles. The minimum absolute atomic E-state index is 0.0910. The van der Waals surface area contributed by atoms with Crippen molar-refractivity contribution in [3.8, 4) is 0 Å². The van der Waals surface area contributed by atoms with Gasteiger partial charge in [-0.3, -0.25) is 4.79 Å². The second-order valence-corrected chi connectivity index (χ2v) is 5.63. The van der Waals surface area contributed by atoms with Crippen molar-refractivity contribution < 1.29 is 9.69 Å². The number of amides is 1. The molecule has 0 heterocycles. The fraction of sp³-hybridized carbons (Fsp3) is 0.316. The fourth-order valence-corrected chi connectivity index (χ4v) is 2.49. The SMILES string of the molecule is CC[NH+](CCC(=O)Nc1ccccc1C)Cc1ccccc1. The van der Waals surface area contributed by atoms with Crippen molar-refractivity contribution in [3.05, 3.63) is 65.7 Å². The Morgan fingerprint density at radius 1 is 1.05 bits per heavy atom. The average molecular weight is 297 g/mol. The van der Waals surface area contributed by atoms with E-state index in [9.17, 15) is 4.79 Å². The lowest BCUT2D eigenvalue weighted by molar-refractivity contribution is -0.911. The van der Waals surface area contributed by atoms with Gasteiger partial charge in [0.1, 0.15) is 6.54 Å². The highest BCUT2D eigenvalue weighted by atomic mass is 16.1. The van der Waals surface area contributed by atoms with E-state index in [1.54, 1.807) is 0 Å². The zero-order chi connectivity index (χ0) is 15.8. The molecule has 0 aliphatic heterocycles. The topological polar surface area (TPSA) is 33.5 Å². The largest absolute Gasteiger partial charge is 0.331 e. The minimum Gasteiger partial charge on any atom is -0.331 e. The van der Waals surface area contributed by atoms with Crippen molar-refractivity contribution in [2.24, 2.45) is 0 Å². The van der Waals surface area contributed by atoms with Gasteiger partial charge in [-0.1, -0.05) is 48.5 Å². The van der Waals surface area contributed by atoms with E-state index < -0.39 is 0 Å². The molecule has 1 unspecified atom stereocenters. The fourth-order valence-electron chi connectivity index (χ4n) is 2.49. The molecule has 0 spiro atoms. The highest BCUT2D eigenvalue weighted by molar-refractivity contribution is 5.91. The van der Waals surface area contributed by atoms with Crippen LogP contribution in [-0.2, 0) is 11.3 Å². The first-order valence-electron chi connectivity index (χ1n) is 7.92. The molecular weight excluding hydrogens is 272 g/mol. The third kappa shape index (κ3) is 5.01. The number of nitrogens with one attached hydrogen (secondary N) is 2. The standard InChI is InChI=1S/C19H24N2O/c1-3-21(15-17-10-5-4-6-11-17)14-13-19(22)20-18-12-8-7-9-16(18)2/h4-12H,3,13-15H2,1-2H3,(H,20,22)/p+1. The van der Waals surface area contributed by atoms with Gasteiger partial charge < -0.3 is 10.2 Å². The molecule has 2 rings (SSSR count). The zero-order valence-electron chi connectivity index (χ0n) is 13.4. The Hall–Kier alpha value is -2.13. The first-order chi connectivity index (χ1) is 10.7. The molecule has 0 bridgehead atoms. The van der Waals surface area contributed by atoms with Crippen LogP contribution >= 0.6 is 0 Å². The maximum Gasteiger partial charge on any atom is 0.230 e. The van der Waals surface area contributed by atoms with Gasteiger partial charge >= 0.3 is 0 Å². The van der Waals surface area contributed by atoms with E-state index in [4.69, 9.17) is 0 Å². The Bertz CT molecular complexity index is 595. The molecule has 1 atom stereocenters. The summed E-state index contributed by atoms with van der Waals surface area (Å²) in [5.41, 5.74) is 3.33. The molecule has 0 saturated carbocycles. The quantitative estimate of drug-likeness (QED) is 0.808. The van der Waals surface area contributed by atoms with Gasteiger partial charge in [-0.25, -0.2) is 0 Å². The molecule has 2 aromatic rings. The van der Waals surface area contributed by atoms with E-state index in [1.807, 2.05) is 37.3 Å². The second-order valence-electron chi connectivity index (χ2n) is 5.63. The first-order valence-corrected chi connectivity index (χ1v) is 7.92. The zero-order valence-corrected chi connectivity index (χ0v) is 13.4. The van der Waals surface area contributed by atoms with E-state index in [1.165, 1.54) is 10.5 Å². The Morgan fingerprint density at radius 3 is 2.41 bits per heavy atom. The summed E-state index contributed by atoms with van der Waals surface area (Å²) in [5, 5.41) is 3.00. The molecule has 0 saturated heterocycles. The van der Waals surface area contributed by atoms with Crippen molar-refractivity contribution in [1.82, 2.24) is 0 Å². The molecule has 0 aliphatic rings. The number of para-hydroxylation sites is 1. The molecule has 2 aromatic carbocycles. The number of hydrogen-bond donors (Lipinski definition) is 2. The molecule has 116 valence electrons. The van der Waals surface area contributed by atoms with Crippen LogP contribution in [0.2, 0.25) is 0 Å². The van der Waals surface area contributed by atoms with Gasteiger partial charge in [-0.15, -0.1) is 0 Å². The Labute approximate surface area is 133 Å². The molecule has 0 aromatic heterocycles. The monoisotopic (exact) mass is 297 g/mol. The van der Waals surface area contributed by atoms with Gasteiger partial charge in [0.05, 0.1) is 19.5 Å². The van der Waals surface area contributed by atoms with Crippen LogP contribution in [0.3, 0.4) is 0 Å². The minimum atomic E-state index is 0.0910. The van der Waals surface area contributed by atoms with Gasteiger partial charge in [0.25, 0.3) is 0 Å². The van der Waals surface area contributed by atoms with Crippen LogP contribution in [0.15, 0.2) is 54.6 Å². The highest BCUT2D eigenvalue weighted by Gasteiger charge is 2.11. The molecule has 0 fully saturated rings. The van der Waals surface area contributed by atoms with Crippen LogP contribution in [-0.4, -0.2) is 19.0 Å². The maximum absolute atomic E-state index is 12.1. The van der Waals surface area contributed by atoms with Gasteiger partial charge in [0, 0.05) is 11.3 Å². The smallest absolute Gasteiger partial charge is 0.230 e. The van der Waals surface area contributed by atoms with Crippen molar-refractivity contribution in [3.63, 3.8) is 0 Å². The summed E-state index contributed by atoms with van der Waals surface area (Å²) in [5.74, 6) is 0.0910. The van der Waals surface area contributed by atoms with E-state index in [-0.39, 0.29) is 5.91 Å². The van der Waals surface area contributed by atoms with Crippen LogP contribution < -0.4 is 10.2 Å². The summed E-state index contributed by atoms with van der Waals surface area (Å²) in [6, 6.07) is 18.3. The normalized spacial score (nSPS) is 11.9. The van der Waals surface area contributed by atoms with Crippen molar-refractivity contribution in [2.75, 3.05) is 18.4 Å². The van der Waals surface area contributed by atoms with Gasteiger partial charge in [0.2, 0.25) is 5.91 Å². The van der Waals surface area contributed by atoms with Gasteiger partial charge in [-0.05, 0) is 25.5 Å². The number of rotatable bonds is 7. The molecule has 0 radical (unpaired) electrons. The van der Waals surface area contributed by atoms with Gasteiger partial charge in [-0.2, -0.15) is 0 Å².